The van der Waals surface area contributed by atoms with E-state index in [0.29, 0.717) is 12.6 Å². The summed E-state index contributed by atoms with van der Waals surface area (Å²) in [7, 11) is 0. The highest BCUT2D eigenvalue weighted by Gasteiger charge is 2.35. The summed E-state index contributed by atoms with van der Waals surface area (Å²) in [6.45, 7) is 3.35. The predicted octanol–water partition coefficient (Wildman–Crippen LogP) is 2.37. The molecule has 4 nitrogen and oxygen atoms in total. The van der Waals surface area contributed by atoms with Gasteiger partial charge >= 0.3 is 0 Å². The summed E-state index contributed by atoms with van der Waals surface area (Å²) in [5.74, 6) is 1.01. The van der Waals surface area contributed by atoms with E-state index in [0.717, 1.165) is 18.0 Å². The Labute approximate surface area is 114 Å². The van der Waals surface area contributed by atoms with Crippen molar-refractivity contribution < 1.29 is 4.79 Å². The van der Waals surface area contributed by atoms with Gasteiger partial charge in [0.25, 0.3) is 0 Å². The van der Waals surface area contributed by atoms with Crippen LogP contribution in [-0.2, 0) is 11.3 Å². The van der Waals surface area contributed by atoms with E-state index in [-0.39, 0.29) is 5.91 Å². The Bertz CT molecular complexity index is 452. The number of aromatic nitrogens is 2. The SMILES string of the molecule is Cc1cnn(CC(=O)N2CCCC3CCCCC32)c1. The van der Waals surface area contributed by atoms with E-state index < -0.39 is 0 Å². The Balaban J connectivity index is 1.67. The molecule has 1 aromatic rings. The second-order valence-corrected chi connectivity index (χ2v) is 6.06. The fourth-order valence-electron chi connectivity index (χ4n) is 3.72. The summed E-state index contributed by atoms with van der Waals surface area (Å²) in [6, 6.07) is 0.506. The third kappa shape index (κ3) is 2.67. The van der Waals surface area contributed by atoms with Gasteiger partial charge in [-0.3, -0.25) is 9.48 Å². The zero-order chi connectivity index (χ0) is 13.2. The standard InChI is InChI=1S/C15H23N3O/c1-12-9-16-17(10-12)11-15(19)18-8-4-6-13-5-2-3-7-14(13)18/h9-10,13-14H,2-8,11H2,1H3. The van der Waals surface area contributed by atoms with Gasteiger partial charge in [-0.2, -0.15) is 5.10 Å². The number of amides is 1. The van der Waals surface area contributed by atoms with Gasteiger partial charge in [-0.15, -0.1) is 0 Å². The average Bonchev–Trinajstić information content (AvgIpc) is 2.83. The summed E-state index contributed by atoms with van der Waals surface area (Å²) in [4.78, 5) is 14.6. The predicted molar refractivity (Wildman–Crippen MR) is 73.7 cm³/mol. The number of aryl methyl sites for hydroxylation is 1. The molecular formula is C15H23N3O. The van der Waals surface area contributed by atoms with Crippen LogP contribution in [-0.4, -0.2) is 33.2 Å². The number of rotatable bonds is 2. The van der Waals surface area contributed by atoms with Gasteiger partial charge in [0.2, 0.25) is 5.91 Å². The van der Waals surface area contributed by atoms with Crippen LogP contribution in [0.5, 0.6) is 0 Å². The molecule has 1 aliphatic heterocycles. The first-order valence-electron chi connectivity index (χ1n) is 7.52. The molecule has 1 amide bonds. The van der Waals surface area contributed by atoms with Crippen LogP contribution in [0.4, 0.5) is 0 Å². The van der Waals surface area contributed by atoms with Crippen LogP contribution in [0.15, 0.2) is 12.4 Å². The van der Waals surface area contributed by atoms with Crippen molar-refractivity contribution in [1.82, 2.24) is 14.7 Å². The third-order valence-electron chi connectivity index (χ3n) is 4.62. The van der Waals surface area contributed by atoms with Crippen LogP contribution >= 0.6 is 0 Å². The lowest BCUT2D eigenvalue weighted by Crippen LogP contribution is -2.50. The molecule has 2 fully saturated rings. The molecule has 2 unspecified atom stereocenters. The summed E-state index contributed by atoms with van der Waals surface area (Å²) >= 11 is 0. The topological polar surface area (TPSA) is 38.1 Å². The van der Waals surface area contributed by atoms with Crippen molar-refractivity contribution in [1.29, 1.82) is 0 Å². The maximum absolute atomic E-state index is 12.5. The average molecular weight is 261 g/mol. The number of likely N-dealkylation sites (tertiary alicyclic amines) is 1. The number of carbonyl (C=O) groups is 1. The van der Waals surface area contributed by atoms with Gasteiger partial charge in [0.05, 0.1) is 6.20 Å². The molecule has 4 heteroatoms. The van der Waals surface area contributed by atoms with E-state index in [1.807, 2.05) is 19.3 Å². The number of hydrogen-bond donors (Lipinski definition) is 0. The Hall–Kier alpha value is -1.32. The smallest absolute Gasteiger partial charge is 0.244 e. The highest BCUT2D eigenvalue weighted by Crippen LogP contribution is 2.35. The fourth-order valence-corrected chi connectivity index (χ4v) is 3.72. The largest absolute Gasteiger partial charge is 0.338 e. The van der Waals surface area contributed by atoms with Crippen molar-refractivity contribution in [2.45, 2.75) is 58.0 Å². The van der Waals surface area contributed by atoms with Crippen LogP contribution in [0.2, 0.25) is 0 Å². The zero-order valence-electron chi connectivity index (χ0n) is 11.7. The lowest BCUT2D eigenvalue weighted by molar-refractivity contribution is -0.138. The number of nitrogens with zero attached hydrogens (tertiary/aromatic N) is 3. The molecular weight excluding hydrogens is 238 g/mol. The maximum atomic E-state index is 12.5. The normalized spacial score (nSPS) is 27.1. The molecule has 19 heavy (non-hydrogen) atoms. The highest BCUT2D eigenvalue weighted by atomic mass is 16.2. The van der Waals surface area contributed by atoms with Crippen molar-refractivity contribution in [3.8, 4) is 0 Å². The number of carbonyl (C=O) groups excluding carboxylic acids is 1. The van der Waals surface area contributed by atoms with Gasteiger partial charge in [0, 0.05) is 18.8 Å². The molecule has 2 aliphatic rings. The molecule has 1 saturated carbocycles. The fraction of sp³-hybridized carbons (Fsp3) is 0.733. The molecule has 0 aromatic carbocycles. The van der Waals surface area contributed by atoms with Crippen LogP contribution in [0.25, 0.3) is 0 Å². The van der Waals surface area contributed by atoms with E-state index in [1.54, 1.807) is 4.68 Å². The van der Waals surface area contributed by atoms with Gasteiger partial charge in [-0.25, -0.2) is 0 Å². The minimum absolute atomic E-state index is 0.250. The second-order valence-electron chi connectivity index (χ2n) is 6.06. The molecule has 2 atom stereocenters. The Morgan fingerprint density at radius 2 is 2.11 bits per heavy atom. The lowest BCUT2D eigenvalue weighted by atomic mass is 9.78. The molecule has 0 spiro atoms. The van der Waals surface area contributed by atoms with E-state index >= 15 is 0 Å². The van der Waals surface area contributed by atoms with E-state index in [4.69, 9.17) is 0 Å². The first-order valence-corrected chi connectivity index (χ1v) is 7.52. The Morgan fingerprint density at radius 1 is 1.32 bits per heavy atom. The minimum atomic E-state index is 0.250. The third-order valence-corrected chi connectivity index (χ3v) is 4.62. The Kier molecular flexibility index (Phi) is 3.58. The number of hydrogen-bond acceptors (Lipinski definition) is 2. The molecule has 3 rings (SSSR count). The summed E-state index contributed by atoms with van der Waals surface area (Å²) < 4.78 is 1.77. The summed E-state index contributed by atoms with van der Waals surface area (Å²) in [6.07, 6.45) is 11.4. The highest BCUT2D eigenvalue weighted by molar-refractivity contribution is 5.76. The van der Waals surface area contributed by atoms with Crippen molar-refractivity contribution in [3.05, 3.63) is 18.0 Å². The van der Waals surface area contributed by atoms with Crippen LogP contribution in [0, 0.1) is 12.8 Å². The van der Waals surface area contributed by atoms with Gasteiger partial charge in [0.1, 0.15) is 6.54 Å². The van der Waals surface area contributed by atoms with Crippen molar-refractivity contribution >= 4 is 5.91 Å². The molecule has 0 bridgehead atoms. The van der Waals surface area contributed by atoms with Crippen LogP contribution < -0.4 is 0 Å². The van der Waals surface area contributed by atoms with E-state index in [2.05, 4.69) is 10.00 Å². The molecule has 104 valence electrons. The van der Waals surface area contributed by atoms with Crippen molar-refractivity contribution in [2.75, 3.05) is 6.54 Å². The van der Waals surface area contributed by atoms with Gasteiger partial charge in [-0.05, 0) is 44.1 Å². The molecule has 2 heterocycles. The van der Waals surface area contributed by atoms with Gasteiger partial charge < -0.3 is 4.90 Å². The monoisotopic (exact) mass is 261 g/mol. The first-order chi connectivity index (χ1) is 9.24. The molecule has 0 radical (unpaired) electrons. The van der Waals surface area contributed by atoms with Crippen molar-refractivity contribution in [3.63, 3.8) is 0 Å². The lowest BCUT2D eigenvalue weighted by Gasteiger charge is -2.44. The van der Waals surface area contributed by atoms with E-state index in [1.165, 1.54) is 38.5 Å². The molecule has 1 aromatic heterocycles. The quantitative estimate of drug-likeness (QED) is 0.819. The van der Waals surface area contributed by atoms with Crippen molar-refractivity contribution in [2.24, 2.45) is 5.92 Å². The maximum Gasteiger partial charge on any atom is 0.244 e. The minimum Gasteiger partial charge on any atom is -0.338 e. The van der Waals surface area contributed by atoms with Gasteiger partial charge in [0.15, 0.2) is 0 Å². The molecule has 0 N–H and O–H groups in total. The zero-order valence-corrected chi connectivity index (χ0v) is 11.7. The first kappa shape index (κ1) is 12.7. The molecule has 1 aliphatic carbocycles. The number of piperidine rings is 1. The second kappa shape index (κ2) is 5.35. The van der Waals surface area contributed by atoms with E-state index in [9.17, 15) is 4.79 Å². The van der Waals surface area contributed by atoms with Crippen LogP contribution in [0.1, 0.15) is 44.1 Å². The van der Waals surface area contributed by atoms with Crippen LogP contribution in [0.3, 0.4) is 0 Å². The molecule has 1 saturated heterocycles. The number of fused-ring (bicyclic) bond motifs is 1. The Morgan fingerprint density at radius 3 is 2.89 bits per heavy atom. The summed E-state index contributed by atoms with van der Waals surface area (Å²) in [5, 5.41) is 4.22. The summed E-state index contributed by atoms with van der Waals surface area (Å²) in [5.41, 5.74) is 1.11. The van der Waals surface area contributed by atoms with Gasteiger partial charge in [-0.1, -0.05) is 12.8 Å².